The third-order valence-electron chi connectivity index (χ3n) is 11.0. The minimum Gasteiger partial charge on any atom is -0.756 e. The molecule has 0 amide bonds. The van der Waals surface area contributed by atoms with E-state index in [0.29, 0.717) is 17.6 Å². The smallest absolute Gasteiger partial charge is 0.306 e. The highest BCUT2D eigenvalue weighted by molar-refractivity contribution is 7.45. The Labute approximate surface area is 424 Å². The van der Waals surface area contributed by atoms with E-state index in [-0.39, 0.29) is 32.2 Å². The Morgan fingerprint density at radius 1 is 0.449 bits per heavy atom. The number of phosphoric ester groups is 1. The van der Waals surface area contributed by atoms with Crippen LogP contribution in [0.5, 0.6) is 0 Å². The lowest BCUT2D eigenvalue weighted by Gasteiger charge is -2.28. The van der Waals surface area contributed by atoms with Gasteiger partial charge in [0.2, 0.25) is 0 Å². The summed E-state index contributed by atoms with van der Waals surface area (Å²) in [6, 6.07) is 0. The molecule has 0 aromatic rings. The number of esters is 1. The second kappa shape index (κ2) is 51.3. The monoisotopic (exact) mass is 980 g/mol. The van der Waals surface area contributed by atoms with Gasteiger partial charge in [0.25, 0.3) is 7.82 Å². The Balaban J connectivity index is 4.20. The minimum atomic E-state index is -4.55. The number of allylic oxidation sites excluding steroid dienone is 20. The molecule has 0 spiro atoms. The molecule has 0 aliphatic rings. The molecule has 2 unspecified atom stereocenters. The van der Waals surface area contributed by atoms with Crippen LogP contribution in [-0.2, 0) is 27.9 Å². The number of unbranched alkanes of at least 4 members (excludes halogenated alkanes) is 15. The molecule has 69 heavy (non-hydrogen) atoms. The van der Waals surface area contributed by atoms with Gasteiger partial charge >= 0.3 is 5.97 Å². The van der Waals surface area contributed by atoms with E-state index in [0.717, 1.165) is 116 Å². The molecule has 0 N–H and O–H groups in total. The van der Waals surface area contributed by atoms with Crippen molar-refractivity contribution in [1.29, 1.82) is 0 Å². The molecule has 0 heterocycles. The Bertz CT molecular complexity index is 1510. The van der Waals surface area contributed by atoms with Gasteiger partial charge in [0.1, 0.15) is 19.3 Å². The van der Waals surface area contributed by atoms with Crippen molar-refractivity contribution >= 4 is 13.8 Å². The van der Waals surface area contributed by atoms with E-state index in [1.807, 2.05) is 21.1 Å². The Morgan fingerprint density at radius 2 is 0.797 bits per heavy atom. The zero-order chi connectivity index (χ0) is 50.5. The molecule has 0 fully saturated rings. The number of carbonyl (C=O) groups is 1. The normalized spacial score (nSPS) is 14.5. The Kier molecular flexibility index (Phi) is 49.0. The number of hydrogen-bond acceptors (Lipinski definition) is 7. The fourth-order valence-corrected chi connectivity index (χ4v) is 7.62. The van der Waals surface area contributed by atoms with Gasteiger partial charge in [0, 0.05) is 13.0 Å². The summed E-state index contributed by atoms with van der Waals surface area (Å²) in [6.07, 6.45) is 73.7. The van der Waals surface area contributed by atoms with Crippen LogP contribution in [0.25, 0.3) is 0 Å². The first-order chi connectivity index (χ1) is 33.6. The molecule has 8 nitrogen and oxygen atoms in total. The van der Waals surface area contributed by atoms with Crippen LogP contribution in [0.4, 0.5) is 0 Å². The lowest BCUT2D eigenvalue weighted by molar-refractivity contribution is -0.870. The highest BCUT2D eigenvalue weighted by Gasteiger charge is 2.20. The number of rotatable bonds is 49. The number of hydrogen-bond donors (Lipinski definition) is 0. The molecule has 0 aliphatic carbocycles. The maximum atomic E-state index is 12.8. The van der Waals surface area contributed by atoms with Gasteiger partial charge in [-0.2, -0.15) is 0 Å². The van der Waals surface area contributed by atoms with Gasteiger partial charge in [0.05, 0.1) is 34.4 Å². The standard InChI is InChI=1S/C60H102NO7P/c1-6-8-10-12-14-16-18-20-22-24-26-28-30-31-32-33-35-37-39-41-43-45-47-49-51-53-60(62)68-59(58-67-69(63,64)66-56-54-61(3,4)5)57-65-55-52-50-48-46-44-42-40-38-36-34-29-27-25-23-21-19-17-15-13-11-9-7-2/h8-11,14-17,20-23,26-29,31-32,35,37,59H,6-7,12-13,18-19,24-25,30,33-34,36,38-58H2,1-5H3/b10-8-,11-9-,16-14-,17-15-,22-20-,23-21-,28-26-,29-27-,32-31-,37-35-. The van der Waals surface area contributed by atoms with Crippen LogP contribution in [0.1, 0.15) is 194 Å². The SMILES string of the molecule is CC/C=C\C/C=C\C/C=C\C/C=C\C/C=C\C/C=C\CCCCCCCCC(=O)OC(COCCCCCCCCCCC/C=C\C/C=C\C/C=C\C/C=C\CC)COP(=O)([O-])OCC[N+](C)(C)C. The summed E-state index contributed by atoms with van der Waals surface area (Å²) in [7, 11) is 1.32. The molecule has 0 bridgehead atoms. The molecule has 0 rings (SSSR count). The van der Waals surface area contributed by atoms with Gasteiger partial charge < -0.3 is 27.9 Å². The zero-order valence-corrected chi connectivity index (χ0v) is 45.6. The molecule has 394 valence electrons. The van der Waals surface area contributed by atoms with E-state index in [1.165, 1.54) is 57.8 Å². The van der Waals surface area contributed by atoms with E-state index in [2.05, 4.69) is 135 Å². The van der Waals surface area contributed by atoms with Gasteiger partial charge in [0.15, 0.2) is 0 Å². The first-order valence-corrected chi connectivity index (χ1v) is 28.7. The van der Waals surface area contributed by atoms with E-state index >= 15 is 0 Å². The average molecular weight is 980 g/mol. The second-order valence-electron chi connectivity index (χ2n) is 18.8. The molecule has 0 aromatic carbocycles. The molecule has 0 radical (unpaired) electrons. The van der Waals surface area contributed by atoms with Crippen LogP contribution >= 0.6 is 7.82 Å². The third-order valence-corrected chi connectivity index (χ3v) is 12.0. The van der Waals surface area contributed by atoms with Crippen molar-refractivity contribution < 1.29 is 37.3 Å². The maximum absolute atomic E-state index is 12.8. The van der Waals surface area contributed by atoms with Gasteiger partial charge in [-0.15, -0.1) is 0 Å². The molecule has 0 aliphatic heterocycles. The van der Waals surface area contributed by atoms with E-state index < -0.39 is 13.9 Å². The number of likely N-dealkylation sites (N-methyl/N-ethyl adjacent to an activating group) is 1. The summed E-state index contributed by atoms with van der Waals surface area (Å²) < 4.78 is 34.8. The number of phosphoric acid groups is 1. The largest absolute Gasteiger partial charge is 0.756 e. The summed E-state index contributed by atoms with van der Waals surface area (Å²) >= 11 is 0. The first kappa shape index (κ1) is 65.9. The Morgan fingerprint density at radius 3 is 1.19 bits per heavy atom. The van der Waals surface area contributed by atoms with Crippen LogP contribution < -0.4 is 4.89 Å². The third kappa shape index (κ3) is 55.7. The molecular weight excluding hydrogens is 878 g/mol. The molecule has 2 atom stereocenters. The summed E-state index contributed by atoms with van der Waals surface area (Å²) in [5.41, 5.74) is 0. The molecule has 0 aromatic heterocycles. The van der Waals surface area contributed by atoms with Crippen LogP contribution in [-0.4, -0.2) is 70.7 Å². The number of ether oxygens (including phenoxy) is 2. The molecular formula is C60H102NO7P. The summed E-state index contributed by atoms with van der Waals surface area (Å²) in [4.78, 5) is 25.2. The minimum absolute atomic E-state index is 0.0143. The van der Waals surface area contributed by atoms with Crippen LogP contribution in [0.15, 0.2) is 122 Å². The predicted molar refractivity (Wildman–Crippen MR) is 295 cm³/mol. The van der Waals surface area contributed by atoms with Crippen molar-refractivity contribution in [2.24, 2.45) is 0 Å². The average Bonchev–Trinajstić information content (AvgIpc) is 3.31. The highest BCUT2D eigenvalue weighted by atomic mass is 31.2. The van der Waals surface area contributed by atoms with Gasteiger partial charge in [-0.25, -0.2) is 0 Å². The highest BCUT2D eigenvalue weighted by Crippen LogP contribution is 2.38. The molecule has 9 heteroatoms. The van der Waals surface area contributed by atoms with Crippen molar-refractivity contribution in [1.82, 2.24) is 0 Å². The fraction of sp³-hybridized carbons (Fsp3) is 0.650. The van der Waals surface area contributed by atoms with Crippen molar-refractivity contribution in [3.05, 3.63) is 122 Å². The quantitative estimate of drug-likeness (QED) is 0.0197. The summed E-state index contributed by atoms with van der Waals surface area (Å²) in [5, 5.41) is 0. The van der Waals surface area contributed by atoms with Crippen molar-refractivity contribution in [2.75, 3.05) is 54.1 Å². The molecule has 0 saturated carbocycles. The van der Waals surface area contributed by atoms with E-state index in [1.54, 1.807) is 0 Å². The van der Waals surface area contributed by atoms with Gasteiger partial charge in [-0.05, 0) is 103 Å². The second-order valence-corrected chi connectivity index (χ2v) is 20.2. The summed E-state index contributed by atoms with van der Waals surface area (Å²) in [6.45, 7) is 5.13. The summed E-state index contributed by atoms with van der Waals surface area (Å²) in [5.74, 6) is -0.355. The lowest BCUT2D eigenvalue weighted by Crippen LogP contribution is -2.37. The number of quaternary nitrogens is 1. The lowest BCUT2D eigenvalue weighted by atomic mass is 10.1. The Hall–Kier alpha value is -3.10. The number of carbonyl (C=O) groups excluding carboxylic acids is 1. The maximum Gasteiger partial charge on any atom is 0.306 e. The van der Waals surface area contributed by atoms with Crippen molar-refractivity contribution in [3.8, 4) is 0 Å². The van der Waals surface area contributed by atoms with E-state index in [9.17, 15) is 14.3 Å². The van der Waals surface area contributed by atoms with Gasteiger partial charge in [-0.3, -0.25) is 9.36 Å². The molecule has 0 saturated heterocycles. The van der Waals surface area contributed by atoms with E-state index in [4.69, 9.17) is 18.5 Å². The van der Waals surface area contributed by atoms with Crippen molar-refractivity contribution in [2.45, 2.75) is 200 Å². The van der Waals surface area contributed by atoms with Crippen LogP contribution in [0.2, 0.25) is 0 Å². The van der Waals surface area contributed by atoms with Gasteiger partial charge in [-0.1, -0.05) is 206 Å². The first-order valence-electron chi connectivity index (χ1n) is 27.3. The number of nitrogens with zero attached hydrogens (tertiary/aromatic N) is 1. The topological polar surface area (TPSA) is 94.1 Å². The zero-order valence-electron chi connectivity index (χ0n) is 44.7. The fourth-order valence-electron chi connectivity index (χ4n) is 6.89. The predicted octanol–water partition coefficient (Wildman–Crippen LogP) is 16.6. The van der Waals surface area contributed by atoms with Crippen LogP contribution in [0, 0.1) is 0 Å². The van der Waals surface area contributed by atoms with Crippen molar-refractivity contribution in [3.63, 3.8) is 0 Å². The van der Waals surface area contributed by atoms with Crippen LogP contribution in [0.3, 0.4) is 0 Å².